The van der Waals surface area contributed by atoms with Gasteiger partial charge in [0.15, 0.2) is 0 Å². The van der Waals surface area contributed by atoms with Crippen LogP contribution in [0.3, 0.4) is 0 Å². The highest BCUT2D eigenvalue weighted by Crippen LogP contribution is 2.29. The van der Waals surface area contributed by atoms with E-state index in [0.717, 1.165) is 27.3 Å². The van der Waals surface area contributed by atoms with Crippen LogP contribution in [0.4, 0.5) is 0 Å². The van der Waals surface area contributed by atoms with Crippen molar-refractivity contribution in [2.45, 2.75) is 23.1 Å². The summed E-state index contributed by atoms with van der Waals surface area (Å²) in [6, 6.07) is 18.4. The lowest BCUT2D eigenvalue weighted by Gasteiger charge is -2.17. The SMILES string of the molecule is CSCCC(NC(=O)c1ccc(CSc2cccnc2)cc1-c1ccccc1)C(=O)O. The second-order valence-electron chi connectivity index (χ2n) is 6.87. The van der Waals surface area contributed by atoms with E-state index in [9.17, 15) is 14.7 Å². The number of nitrogens with zero attached hydrogens (tertiary/aromatic N) is 1. The minimum atomic E-state index is -1.02. The summed E-state index contributed by atoms with van der Waals surface area (Å²) in [7, 11) is 0. The Kier molecular flexibility index (Phi) is 8.55. The Morgan fingerprint density at radius 3 is 2.58 bits per heavy atom. The summed E-state index contributed by atoms with van der Waals surface area (Å²) in [6.07, 6.45) is 5.86. The first-order chi connectivity index (χ1) is 15.1. The topological polar surface area (TPSA) is 79.3 Å². The number of hydrogen-bond acceptors (Lipinski definition) is 5. The molecule has 1 amide bonds. The highest BCUT2D eigenvalue weighted by Gasteiger charge is 2.22. The second-order valence-corrected chi connectivity index (χ2v) is 8.90. The fourth-order valence-electron chi connectivity index (χ4n) is 3.06. The zero-order valence-corrected chi connectivity index (χ0v) is 18.8. The van der Waals surface area contributed by atoms with E-state index in [-0.39, 0.29) is 5.91 Å². The molecular weight excluding hydrogens is 428 g/mol. The molecule has 7 heteroatoms. The Morgan fingerprint density at radius 2 is 1.90 bits per heavy atom. The number of benzene rings is 2. The Labute approximate surface area is 190 Å². The van der Waals surface area contributed by atoms with Crippen molar-refractivity contribution in [3.63, 3.8) is 0 Å². The van der Waals surface area contributed by atoms with Gasteiger partial charge in [-0.05, 0) is 59.4 Å². The second kappa shape index (κ2) is 11.6. The molecule has 0 saturated heterocycles. The van der Waals surface area contributed by atoms with Crippen LogP contribution in [0.15, 0.2) is 78.0 Å². The molecule has 1 heterocycles. The molecule has 1 unspecified atom stereocenters. The molecule has 0 bridgehead atoms. The molecule has 5 nitrogen and oxygen atoms in total. The average Bonchev–Trinajstić information content (AvgIpc) is 2.81. The molecule has 0 aliphatic heterocycles. The number of aliphatic carboxylic acids is 1. The first-order valence-corrected chi connectivity index (χ1v) is 12.2. The summed E-state index contributed by atoms with van der Waals surface area (Å²) >= 11 is 3.23. The number of hydrogen-bond donors (Lipinski definition) is 2. The number of amides is 1. The van der Waals surface area contributed by atoms with Crippen LogP contribution in [-0.4, -0.2) is 40.0 Å². The maximum atomic E-state index is 13.0. The van der Waals surface area contributed by atoms with E-state index < -0.39 is 12.0 Å². The van der Waals surface area contributed by atoms with Crippen molar-refractivity contribution in [2.24, 2.45) is 0 Å². The molecule has 1 aromatic heterocycles. The smallest absolute Gasteiger partial charge is 0.326 e. The van der Waals surface area contributed by atoms with E-state index in [2.05, 4.69) is 10.3 Å². The van der Waals surface area contributed by atoms with Gasteiger partial charge in [0, 0.05) is 28.6 Å². The van der Waals surface area contributed by atoms with Crippen LogP contribution in [-0.2, 0) is 10.5 Å². The van der Waals surface area contributed by atoms with Gasteiger partial charge in [-0.25, -0.2) is 4.79 Å². The Hall–Kier alpha value is -2.77. The summed E-state index contributed by atoms with van der Waals surface area (Å²) in [6.45, 7) is 0. The van der Waals surface area contributed by atoms with Crippen molar-refractivity contribution < 1.29 is 14.7 Å². The Balaban J connectivity index is 1.86. The fourth-order valence-corrected chi connectivity index (χ4v) is 4.36. The van der Waals surface area contributed by atoms with Crippen LogP contribution in [0.5, 0.6) is 0 Å². The molecule has 0 aliphatic rings. The standard InChI is InChI=1S/C24H24N2O3S2/c1-30-13-11-22(24(28)29)26-23(27)20-10-9-17(16-31-19-8-5-12-25-15-19)14-21(20)18-6-3-2-4-7-18/h2-10,12,14-15,22H,11,13,16H2,1H3,(H,26,27)(H,28,29). The maximum absolute atomic E-state index is 13.0. The predicted molar refractivity (Wildman–Crippen MR) is 128 cm³/mol. The number of carbonyl (C=O) groups is 2. The maximum Gasteiger partial charge on any atom is 0.326 e. The van der Waals surface area contributed by atoms with Gasteiger partial charge < -0.3 is 10.4 Å². The van der Waals surface area contributed by atoms with Gasteiger partial charge in [0.25, 0.3) is 5.91 Å². The average molecular weight is 453 g/mol. The summed E-state index contributed by atoms with van der Waals surface area (Å²) in [5.74, 6) is -0.00129. The monoisotopic (exact) mass is 452 g/mol. The van der Waals surface area contributed by atoms with Crippen molar-refractivity contribution in [3.8, 4) is 11.1 Å². The van der Waals surface area contributed by atoms with Crippen molar-refractivity contribution in [1.82, 2.24) is 10.3 Å². The van der Waals surface area contributed by atoms with Crippen LogP contribution in [0.1, 0.15) is 22.3 Å². The zero-order chi connectivity index (χ0) is 22.1. The highest BCUT2D eigenvalue weighted by atomic mass is 32.2. The predicted octanol–water partition coefficient (Wildman–Crippen LogP) is 4.98. The molecule has 31 heavy (non-hydrogen) atoms. The van der Waals surface area contributed by atoms with Gasteiger partial charge in [-0.15, -0.1) is 11.8 Å². The highest BCUT2D eigenvalue weighted by molar-refractivity contribution is 7.98. The quantitative estimate of drug-likeness (QED) is 0.423. The molecule has 0 radical (unpaired) electrons. The van der Waals surface area contributed by atoms with E-state index in [0.29, 0.717) is 17.7 Å². The summed E-state index contributed by atoms with van der Waals surface area (Å²) in [4.78, 5) is 29.8. The van der Waals surface area contributed by atoms with E-state index in [1.54, 1.807) is 35.8 Å². The summed E-state index contributed by atoms with van der Waals surface area (Å²) in [5.41, 5.74) is 3.24. The van der Waals surface area contributed by atoms with Gasteiger partial charge >= 0.3 is 5.97 Å². The summed E-state index contributed by atoms with van der Waals surface area (Å²) < 4.78 is 0. The van der Waals surface area contributed by atoms with Crippen LogP contribution in [0.2, 0.25) is 0 Å². The van der Waals surface area contributed by atoms with Gasteiger partial charge in [0.05, 0.1) is 0 Å². The molecule has 3 aromatic rings. The van der Waals surface area contributed by atoms with Crippen LogP contribution >= 0.6 is 23.5 Å². The molecule has 2 N–H and O–H groups in total. The molecule has 0 fully saturated rings. The lowest BCUT2D eigenvalue weighted by Crippen LogP contribution is -2.41. The molecule has 0 aliphatic carbocycles. The minimum Gasteiger partial charge on any atom is -0.480 e. The number of carboxylic acids is 1. The third-order valence-electron chi connectivity index (χ3n) is 4.67. The van der Waals surface area contributed by atoms with Gasteiger partial charge in [0.1, 0.15) is 6.04 Å². The number of rotatable bonds is 10. The van der Waals surface area contributed by atoms with Crippen molar-refractivity contribution in [1.29, 1.82) is 0 Å². The Morgan fingerprint density at radius 1 is 1.10 bits per heavy atom. The number of thioether (sulfide) groups is 2. The lowest BCUT2D eigenvalue weighted by molar-refractivity contribution is -0.139. The summed E-state index contributed by atoms with van der Waals surface area (Å²) in [5, 5.41) is 12.2. The normalized spacial score (nSPS) is 11.6. The van der Waals surface area contributed by atoms with Crippen molar-refractivity contribution in [2.75, 3.05) is 12.0 Å². The van der Waals surface area contributed by atoms with Crippen LogP contribution in [0, 0.1) is 0 Å². The van der Waals surface area contributed by atoms with Gasteiger partial charge in [-0.1, -0.05) is 36.4 Å². The largest absolute Gasteiger partial charge is 0.480 e. The Bertz CT molecular complexity index is 1010. The zero-order valence-electron chi connectivity index (χ0n) is 17.2. The molecule has 3 rings (SSSR count). The fraction of sp³-hybridized carbons (Fsp3) is 0.208. The molecule has 1 atom stereocenters. The number of pyridine rings is 1. The van der Waals surface area contributed by atoms with E-state index in [1.165, 1.54) is 0 Å². The third kappa shape index (κ3) is 6.60. The number of carboxylic acid groups (broad SMARTS) is 1. The van der Waals surface area contributed by atoms with Crippen molar-refractivity contribution >= 4 is 35.4 Å². The third-order valence-corrected chi connectivity index (χ3v) is 6.36. The van der Waals surface area contributed by atoms with Crippen LogP contribution < -0.4 is 5.32 Å². The van der Waals surface area contributed by atoms with Gasteiger partial charge in [-0.3, -0.25) is 9.78 Å². The first-order valence-electron chi connectivity index (χ1n) is 9.82. The van der Waals surface area contributed by atoms with Gasteiger partial charge in [0.2, 0.25) is 0 Å². The number of carbonyl (C=O) groups excluding carboxylic acids is 1. The molecule has 160 valence electrons. The van der Waals surface area contributed by atoms with E-state index in [4.69, 9.17) is 0 Å². The minimum absolute atomic E-state index is 0.376. The van der Waals surface area contributed by atoms with E-state index >= 15 is 0 Å². The van der Waals surface area contributed by atoms with Crippen molar-refractivity contribution in [3.05, 3.63) is 84.2 Å². The van der Waals surface area contributed by atoms with Crippen LogP contribution in [0.25, 0.3) is 11.1 Å². The first kappa shape index (κ1) is 22.9. The number of nitrogens with one attached hydrogen (secondary N) is 1. The van der Waals surface area contributed by atoms with E-state index in [1.807, 2.05) is 67.0 Å². The number of aromatic nitrogens is 1. The molecular formula is C24H24N2O3S2. The van der Waals surface area contributed by atoms with Gasteiger partial charge in [-0.2, -0.15) is 11.8 Å². The molecule has 2 aromatic carbocycles. The lowest BCUT2D eigenvalue weighted by atomic mass is 9.97. The molecule has 0 spiro atoms. The molecule has 0 saturated carbocycles.